The van der Waals surface area contributed by atoms with E-state index in [4.69, 9.17) is 9.73 Å². The molecule has 146 valence electrons. The summed E-state index contributed by atoms with van der Waals surface area (Å²) >= 11 is 1.75. The number of rotatable bonds is 7. The summed E-state index contributed by atoms with van der Waals surface area (Å²) in [7, 11) is 0. The Bertz CT molecular complexity index is 739. The standard InChI is InChI=1S/C20H29N5OS/c1-3-17-14-22-19(27-17)15-24-20(21-4-2)23-13-16-7-5-6-8-18(16)25-9-11-26-12-10-25/h5-8,14H,3-4,9-13,15H2,1-2H3,(H2,21,23,24). The zero-order chi connectivity index (χ0) is 18.9. The summed E-state index contributed by atoms with van der Waals surface area (Å²) in [6.07, 6.45) is 2.99. The average Bonchev–Trinajstić information content (AvgIpc) is 3.19. The number of anilines is 1. The maximum atomic E-state index is 5.48. The van der Waals surface area contributed by atoms with E-state index in [0.29, 0.717) is 13.1 Å². The van der Waals surface area contributed by atoms with Gasteiger partial charge in [-0.3, -0.25) is 0 Å². The van der Waals surface area contributed by atoms with Gasteiger partial charge in [0.15, 0.2) is 5.96 Å². The van der Waals surface area contributed by atoms with Gasteiger partial charge in [-0.15, -0.1) is 11.3 Å². The fourth-order valence-corrected chi connectivity index (χ4v) is 3.82. The first-order valence-electron chi connectivity index (χ1n) is 9.66. The van der Waals surface area contributed by atoms with E-state index in [9.17, 15) is 0 Å². The van der Waals surface area contributed by atoms with Crippen molar-refractivity contribution in [3.8, 4) is 0 Å². The maximum Gasteiger partial charge on any atom is 0.191 e. The fraction of sp³-hybridized carbons (Fsp3) is 0.500. The second-order valence-electron chi connectivity index (χ2n) is 6.35. The lowest BCUT2D eigenvalue weighted by molar-refractivity contribution is 0.122. The van der Waals surface area contributed by atoms with Crippen LogP contribution < -0.4 is 15.5 Å². The minimum Gasteiger partial charge on any atom is -0.378 e. The number of nitrogens with zero attached hydrogens (tertiary/aromatic N) is 3. The molecule has 1 aromatic carbocycles. The molecule has 1 fully saturated rings. The average molecular weight is 388 g/mol. The van der Waals surface area contributed by atoms with Crippen molar-refractivity contribution < 1.29 is 4.74 Å². The first-order valence-corrected chi connectivity index (χ1v) is 10.5. The Morgan fingerprint density at radius 3 is 2.78 bits per heavy atom. The third-order valence-corrected chi connectivity index (χ3v) is 5.59. The lowest BCUT2D eigenvalue weighted by Crippen LogP contribution is -2.37. The number of para-hydroxylation sites is 1. The number of hydrogen-bond donors (Lipinski definition) is 2. The molecule has 1 aliphatic rings. The molecule has 7 heteroatoms. The van der Waals surface area contributed by atoms with Crippen LogP contribution in [-0.2, 0) is 24.2 Å². The van der Waals surface area contributed by atoms with Crippen LogP contribution in [0.15, 0.2) is 35.5 Å². The molecule has 0 atom stereocenters. The molecule has 0 spiro atoms. The molecule has 2 aromatic rings. The van der Waals surface area contributed by atoms with Crippen LogP contribution in [-0.4, -0.2) is 43.8 Å². The van der Waals surface area contributed by atoms with Crippen molar-refractivity contribution >= 4 is 23.0 Å². The lowest BCUT2D eigenvalue weighted by atomic mass is 10.1. The third-order valence-electron chi connectivity index (χ3n) is 4.45. The van der Waals surface area contributed by atoms with Crippen LogP contribution in [0.5, 0.6) is 0 Å². The summed E-state index contributed by atoms with van der Waals surface area (Å²) in [6, 6.07) is 8.51. The van der Waals surface area contributed by atoms with Gasteiger partial charge >= 0.3 is 0 Å². The molecular weight excluding hydrogens is 358 g/mol. The number of thiazole rings is 1. The van der Waals surface area contributed by atoms with E-state index in [1.54, 1.807) is 11.3 Å². The molecule has 0 unspecified atom stereocenters. The highest BCUT2D eigenvalue weighted by atomic mass is 32.1. The molecule has 1 aliphatic heterocycles. The molecule has 0 aliphatic carbocycles. The summed E-state index contributed by atoms with van der Waals surface area (Å²) in [6.45, 7) is 9.84. The molecule has 3 rings (SSSR count). The quantitative estimate of drug-likeness (QED) is 0.565. The van der Waals surface area contributed by atoms with Crippen LogP contribution in [0.1, 0.15) is 29.3 Å². The fourth-order valence-electron chi connectivity index (χ4n) is 3.02. The van der Waals surface area contributed by atoms with Crippen LogP contribution in [0.3, 0.4) is 0 Å². The Morgan fingerprint density at radius 2 is 2.04 bits per heavy atom. The monoisotopic (exact) mass is 387 g/mol. The number of ether oxygens (including phenoxy) is 1. The van der Waals surface area contributed by atoms with E-state index >= 15 is 0 Å². The minimum atomic E-state index is 0.640. The van der Waals surface area contributed by atoms with Gasteiger partial charge in [-0.05, 0) is 25.0 Å². The van der Waals surface area contributed by atoms with E-state index in [1.807, 2.05) is 6.20 Å². The van der Waals surface area contributed by atoms with Gasteiger partial charge in [0.1, 0.15) is 5.01 Å². The first-order chi connectivity index (χ1) is 13.3. The van der Waals surface area contributed by atoms with Gasteiger partial charge in [0, 0.05) is 36.4 Å². The molecule has 0 bridgehead atoms. The Balaban J connectivity index is 1.65. The van der Waals surface area contributed by atoms with Crippen molar-refractivity contribution in [3.63, 3.8) is 0 Å². The number of aromatic nitrogens is 1. The lowest BCUT2D eigenvalue weighted by Gasteiger charge is -2.30. The van der Waals surface area contributed by atoms with E-state index in [1.165, 1.54) is 16.1 Å². The van der Waals surface area contributed by atoms with Gasteiger partial charge in [0.25, 0.3) is 0 Å². The summed E-state index contributed by atoms with van der Waals surface area (Å²) in [4.78, 5) is 13.0. The molecule has 1 saturated heterocycles. The number of guanidine groups is 1. The number of benzene rings is 1. The van der Waals surface area contributed by atoms with Crippen molar-refractivity contribution in [1.82, 2.24) is 15.6 Å². The molecule has 6 nitrogen and oxygen atoms in total. The van der Waals surface area contributed by atoms with Crippen LogP contribution in [0, 0.1) is 0 Å². The third kappa shape index (κ3) is 5.68. The predicted octanol–water partition coefficient (Wildman–Crippen LogP) is 2.80. The highest BCUT2D eigenvalue weighted by Gasteiger charge is 2.14. The SMILES string of the molecule is CCNC(=NCc1ccccc1N1CCOCC1)NCc1ncc(CC)s1. The van der Waals surface area contributed by atoms with E-state index in [2.05, 4.69) is 58.6 Å². The van der Waals surface area contributed by atoms with E-state index in [0.717, 1.165) is 50.2 Å². The number of morpholine rings is 1. The molecule has 2 heterocycles. The highest BCUT2D eigenvalue weighted by molar-refractivity contribution is 7.11. The van der Waals surface area contributed by atoms with Crippen LogP contribution >= 0.6 is 11.3 Å². The smallest absolute Gasteiger partial charge is 0.191 e. The largest absolute Gasteiger partial charge is 0.378 e. The summed E-state index contributed by atoms with van der Waals surface area (Å²) in [5.41, 5.74) is 2.49. The number of nitrogens with one attached hydrogen (secondary N) is 2. The van der Waals surface area contributed by atoms with Crippen molar-refractivity contribution in [2.24, 2.45) is 4.99 Å². The Labute approximate surface area is 165 Å². The summed E-state index contributed by atoms with van der Waals surface area (Å²) in [5.74, 6) is 0.822. The number of aryl methyl sites for hydroxylation is 1. The van der Waals surface area contributed by atoms with Crippen molar-refractivity contribution in [2.75, 3.05) is 37.7 Å². The summed E-state index contributed by atoms with van der Waals surface area (Å²) in [5, 5.41) is 7.81. The van der Waals surface area contributed by atoms with Crippen molar-refractivity contribution in [2.45, 2.75) is 33.4 Å². The minimum absolute atomic E-state index is 0.640. The zero-order valence-corrected chi connectivity index (χ0v) is 17.0. The predicted molar refractivity (Wildman–Crippen MR) is 113 cm³/mol. The van der Waals surface area contributed by atoms with Gasteiger partial charge in [0.05, 0.1) is 26.3 Å². The van der Waals surface area contributed by atoms with Crippen molar-refractivity contribution in [3.05, 3.63) is 45.9 Å². The van der Waals surface area contributed by atoms with Crippen LogP contribution in [0.25, 0.3) is 0 Å². The van der Waals surface area contributed by atoms with Crippen LogP contribution in [0.2, 0.25) is 0 Å². The first kappa shape index (κ1) is 19.6. The van der Waals surface area contributed by atoms with Gasteiger partial charge in [-0.1, -0.05) is 25.1 Å². The molecule has 1 aromatic heterocycles. The molecule has 0 radical (unpaired) electrons. The number of hydrogen-bond acceptors (Lipinski definition) is 5. The Morgan fingerprint density at radius 1 is 1.22 bits per heavy atom. The van der Waals surface area contributed by atoms with Gasteiger partial charge in [-0.25, -0.2) is 9.98 Å². The second kappa shape index (κ2) is 10.3. The normalized spacial score (nSPS) is 15.0. The van der Waals surface area contributed by atoms with Crippen LogP contribution in [0.4, 0.5) is 5.69 Å². The molecule has 27 heavy (non-hydrogen) atoms. The Hall–Kier alpha value is -2.12. The molecular formula is C20H29N5OS. The molecule has 0 amide bonds. The van der Waals surface area contributed by atoms with Crippen molar-refractivity contribution in [1.29, 1.82) is 0 Å². The maximum absolute atomic E-state index is 5.48. The van der Waals surface area contributed by atoms with Gasteiger partial charge < -0.3 is 20.3 Å². The zero-order valence-electron chi connectivity index (χ0n) is 16.2. The van der Waals surface area contributed by atoms with E-state index < -0.39 is 0 Å². The Kier molecular flexibility index (Phi) is 7.47. The van der Waals surface area contributed by atoms with E-state index in [-0.39, 0.29) is 0 Å². The molecule has 0 saturated carbocycles. The topological polar surface area (TPSA) is 61.8 Å². The van der Waals surface area contributed by atoms with Gasteiger partial charge in [0.2, 0.25) is 0 Å². The highest BCUT2D eigenvalue weighted by Crippen LogP contribution is 2.22. The number of aliphatic imine (C=N–C) groups is 1. The van der Waals surface area contributed by atoms with Gasteiger partial charge in [-0.2, -0.15) is 0 Å². The molecule has 2 N–H and O–H groups in total. The second-order valence-corrected chi connectivity index (χ2v) is 7.55. The summed E-state index contributed by atoms with van der Waals surface area (Å²) < 4.78 is 5.48.